The number of ether oxygens (including phenoxy) is 1. The fourth-order valence-electron chi connectivity index (χ4n) is 3.44. The third-order valence-corrected chi connectivity index (χ3v) is 4.96. The van der Waals surface area contributed by atoms with Crippen LogP contribution in [-0.4, -0.2) is 35.4 Å². The molecule has 2 N–H and O–H groups in total. The SMILES string of the molecule is COc1ccc(O)c(/C=N/N2C(=O)NC(c3ccccc3)(c3ccccc3)C2=O)c1. The molecule has 7 heteroatoms. The number of hydrazone groups is 1. The van der Waals surface area contributed by atoms with Crippen LogP contribution in [-0.2, 0) is 10.3 Å². The molecule has 0 aromatic heterocycles. The van der Waals surface area contributed by atoms with E-state index in [1.165, 1.54) is 19.4 Å². The summed E-state index contributed by atoms with van der Waals surface area (Å²) in [7, 11) is 1.50. The van der Waals surface area contributed by atoms with Crippen LogP contribution in [0.4, 0.5) is 4.79 Å². The van der Waals surface area contributed by atoms with Crippen LogP contribution >= 0.6 is 0 Å². The Morgan fingerprint density at radius 1 is 0.967 bits per heavy atom. The minimum Gasteiger partial charge on any atom is -0.507 e. The highest BCUT2D eigenvalue weighted by molar-refractivity contribution is 6.10. The fraction of sp³-hybridized carbons (Fsp3) is 0.0870. The van der Waals surface area contributed by atoms with Gasteiger partial charge in [0.25, 0.3) is 5.91 Å². The van der Waals surface area contributed by atoms with Gasteiger partial charge < -0.3 is 15.2 Å². The third kappa shape index (κ3) is 3.16. The van der Waals surface area contributed by atoms with Crippen molar-refractivity contribution < 1.29 is 19.4 Å². The molecule has 0 radical (unpaired) electrons. The van der Waals surface area contributed by atoms with Gasteiger partial charge in [0.05, 0.1) is 13.3 Å². The van der Waals surface area contributed by atoms with Crippen LogP contribution in [0.15, 0.2) is 84.0 Å². The summed E-state index contributed by atoms with van der Waals surface area (Å²) < 4.78 is 5.14. The standard InChI is InChI=1S/C23H19N3O4/c1-30-19-12-13-20(27)16(14-19)15-24-26-21(28)23(25-22(26)29,17-8-4-2-5-9-17)18-10-6-3-7-11-18/h2-15,27H,1H3,(H,25,29)/b24-15+. The normalized spacial score (nSPS) is 15.4. The molecule has 0 atom stereocenters. The van der Waals surface area contributed by atoms with Gasteiger partial charge in [0, 0.05) is 5.56 Å². The molecule has 1 fully saturated rings. The number of hydrogen-bond donors (Lipinski definition) is 2. The van der Waals surface area contributed by atoms with E-state index < -0.39 is 17.5 Å². The van der Waals surface area contributed by atoms with Gasteiger partial charge in [0.15, 0.2) is 5.54 Å². The number of carbonyl (C=O) groups is 2. The maximum absolute atomic E-state index is 13.5. The molecule has 0 aliphatic carbocycles. The van der Waals surface area contributed by atoms with Crippen molar-refractivity contribution >= 4 is 18.2 Å². The fourth-order valence-corrected chi connectivity index (χ4v) is 3.44. The molecule has 1 aliphatic heterocycles. The molecule has 0 spiro atoms. The molecule has 150 valence electrons. The van der Waals surface area contributed by atoms with E-state index in [0.29, 0.717) is 22.4 Å². The second-order valence-electron chi connectivity index (χ2n) is 6.70. The van der Waals surface area contributed by atoms with Crippen LogP contribution in [0.5, 0.6) is 11.5 Å². The summed E-state index contributed by atoms with van der Waals surface area (Å²) in [5.74, 6) is -0.0816. The zero-order valence-corrected chi connectivity index (χ0v) is 16.1. The van der Waals surface area contributed by atoms with Crippen LogP contribution in [0.2, 0.25) is 0 Å². The van der Waals surface area contributed by atoms with Gasteiger partial charge in [0.1, 0.15) is 11.5 Å². The molecule has 0 saturated carbocycles. The smallest absolute Gasteiger partial charge is 0.346 e. The quantitative estimate of drug-likeness (QED) is 0.507. The lowest BCUT2D eigenvalue weighted by Crippen LogP contribution is -2.44. The zero-order chi connectivity index (χ0) is 21.1. The molecule has 0 bridgehead atoms. The first-order valence-electron chi connectivity index (χ1n) is 9.25. The Hall–Kier alpha value is -4.13. The Bertz CT molecular complexity index is 1070. The number of carbonyl (C=O) groups excluding carboxylic acids is 2. The van der Waals surface area contributed by atoms with Crippen LogP contribution in [0.1, 0.15) is 16.7 Å². The molecule has 7 nitrogen and oxygen atoms in total. The van der Waals surface area contributed by atoms with Gasteiger partial charge in [-0.3, -0.25) is 4.79 Å². The topological polar surface area (TPSA) is 91.2 Å². The number of aromatic hydroxyl groups is 1. The average molecular weight is 401 g/mol. The molecule has 3 amide bonds. The van der Waals surface area contributed by atoms with Gasteiger partial charge in [-0.1, -0.05) is 60.7 Å². The minimum atomic E-state index is -1.40. The number of imide groups is 1. The lowest BCUT2D eigenvalue weighted by Gasteiger charge is -2.27. The van der Waals surface area contributed by atoms with Crippen molar-refractivity contribution in [2.75, 3.05) is 7.11 Å². The lowest BCUT2D eigenvalue weighted by atomic mass is 9.83. The van der Waals surface area contributed by atoms with Crippen molar-refractivity contribution in [2.45, 2.75) is 5.54 Å². The largest absolute Gasteiger partial charge is 0.507 e. The second-order valence-corrected chi connectivity index (χ2v) is 6.70. The summed E-state index contributed by atoms with van der Waals surface area (Å²) in [6, 6.07) is 22.0. The molecular formula is C23H19N3O4. The Labute approximate surface area is 173 Å². The molecule has 1 saturated heterocycles. The van der Waals surface area contributed by atoms with E-state index >= 15 is 0 Å². The number of phenolic OH excluding ortho intramolecular Hbond substituents is 1. The van der Waals surface area contributed by atoms with E-state index in [2.05, 4.69) is 10.4 Å². The van der Waals surface area contributed by atoms with Crippen molar-refractivity contribution in [1.29, 1.82) is 0 Å². The first-order chi connectivity index (χ1) is 14.6. The average Bonchev–Trinajstić information content (AvgIpc) is 3.05. The van der Waals surface area contributed by atoms with E-state index in [4.69, 9.17) is 4.74 Å². The second kappa shape index (κ2) is 7.71. The number of hydrogen-bond acceptors (Lipinski definition) is 5. The highest BCUT2D eigenvalue weighted by Gasteiger charge is 2.54. The predicted octanol–water partition coefficient (Wildman–Crippen LogP) is 3.23. The number of benzene rings is 3. The van der Waals surface area contributed by atoms with Crippen molar-refractivity contribution in [3.05, 3.63) is 95.6 Å². The first-order valence-corrected chi connectivity index (χ1v) is 9.25. The lowest BCUT2D eigenvalue weighted by molar-refractivity contribution is -0.130. The summed E-state index contributed by atoms with van der Waals surface area (Å²) in [6.45, 7) is 0. The number of phenols is 1. The van der Waals surface area contributed by atoms with E-state index in [1.807, 2.05) is 12.1 Å². The van der Waals surface area contributed by atoms with Gasteiger partial charge in [-0.2, -0.15) is 5.10 Å². The zero-order valence-electron chi connectivity index (χ0n) is 16.1. The van der Waals surface area contributed by atoms with Crippen LogP contribution < -0.4 is 10.1 Å². The Morgan fingerprint density at radius 3 is 2.13 bits per heavy atom. The van der Waals surface area contributed by atoms with E-state index in [-0.39, 0.29) is 5.75 Å². The van der Waals surface area contributed by atoms with Crippen LogP contribution in [0.25, 0.3) is 0 Å². The highest BCUT2D eigenvalue weighted by Crippen LogP contribution is 2.36. The maximum Gasteiger partial charge on any atom is 0.346 e. The van der Waals surface area contributed by atoms with Crippen LogP contribution in [0, 0.1) is 0 Å². The Morgan fingerprint density at radius 2 is 1.57 bits per heavy atom. The van der Waals surface area contributed by atoms with Gasteiger partial charge in [-0.05, 0) is 29.3 Å². The molecule has 4 rings (SSSR count). The van der Waals surface area contributed by atoms with Crippen molar-refractivity contribution in [1.82, 2.24) is 10.3 Å². The summed E-state index contributed by atoms with van der Waals surface area (Å²) in [4.78, 5) is 26.3. The van der Waals surface area contributed by atoms with Crippen molar-refractivity contribution in [3.8, 4) is 11.5 Å². The maximum atomic E-state index is 13.5. The molecule has 0 unspecified atom stereocenters. The number of amides is 3. The van der Waals surface area contributed by atoms with Crippen LogP contribution in [0.3, 0.4) is 0 Å². The van der Waals surface area contributed by atoms with Crippen molar-refractivity contribution in [3.63, 3.8) is 0 Å². The predicted molar refractivity (Wildman–Crippen MR) is 111 cm³/mol. The van der Waals surface area contributed by atoms with Gasteiger partial charge in [0.2, 0.25) is 0 Å². The number of nitrogens with one attached hydrogen (secondary N) is 1. The first kappa shape index (κ1) is 19.2. The molecule has 3 aromatic carbocycles. The molecule has 30 heavy (non-hydrogen) atoms. The van der Waals surface area contributed by atoms with E-state index in [1.54, 1.807) is 60.7 Å². The van der Waals surface area contributed by atoms with Gasteiger partial charge >= 0.3 is 6.03 Å². The summed E-state index contributed by atoms with van der Waals surface area (Å²) >= 11 is 0. The third-order valence-electron chi connectivity index (χ3n) is 4.96. The highest BCUT2D eigenvalue weighted by atomic mass is 16.5. The van der Waals surface area contributed by atoms with Crippen molar-refractivity contribution in [2.24, 2.45) is 5.10 Å². The van der Waals surface area contributed by atoms with E-state index in [0.717, 1.165) is 5.01 Å². The number of nitrogens with zero attached hydrogens (tertiary/aromatic N) is 2. The van der Waals surface area contributed by atoms with Gasteiger partial charge in [-0.25, -0.2) is 4.79 Å². The summed E-state index contributed by atoms with van der Waals surface area (Å²) in [5, 5.41) is 17.7. The number of urea groups is 1. The molecule has 1 aliphatic rings. The minimum absolute atomic E-state index is 0.0519. The van der Waals surface area contributed by atoms with Gasteiger partial charge in [-0.15, -0.1) is 5.01 Å². The molecular weight excluding hydrogens is 382 g/mol. The molecule has 3 aromatic rings. The number of methoxy groups -OCH3 is 1. The summed E-state index contributed by atoms with van der Waals surface area (Å²) in [6.07, 6.45) is 1.25. The summed E-state index contributed by atoms with van der Waals surface area (Å²) in [5.41, 5.74) is 0.160. The molecule has 1 heterocycles. The monoisotopic (exact) mass is 401 g/mol. The number of rotatable bonds is 5. The van der Waals surface area contributed by atoms with E-state index in [9.17, 15) is 14.7 Å². The Balaban J connectivity index is 1.76. The Kier molecular flexibility index (Phi) is 4.93.